The molecule has 0 radical (unpaired) electrons. The minimum absolute atomic E-state index is 0.0806. The summed E-state index contributed by atoms with van der Waals surface area (Å²) in [5.74, 6) is 0.703. The van der Waals surface area contributed by atoms with Gasteiger partial charge in [0.1, 0.15) is 5.75 Å². The first-order chi connectivity index (χ1) is 10.0. The molecule has 0 fully saturated rings. The normalized spacial score (nSPS) is 14.6. The standard InChI is InChI=1S/C15H16ClN3O2/c1-19-8-11(7-18-19)14(17)13(20)6-10-5-12(16)4-9-2-3-21-15(9)10/h4-5,7-8,14H,2-3,6,17H2,1H3. The van der Waals surface area contributed by atoms with Crippen molar-refractivity contribution in [1.29, 1.82) is 0 Å². The number of aryl methyl sites for hydroxylation is 1. The zero-order chi connectivity index (χ0) is 15.0. The highest BCUT2D eigenvalue weighted by Gasteiger charge is 2.23. The van der Waals surface area contributed by atoms with Crippen molar-refractivity contribution in [3.05, 3.63) is 46.2 Å². The van der Waals surface area contributed by atoms with Crippen LogP contribution in [-0.2, 0) is 24.7 Å². The number of ether oxygens (including phenoxy) is 1. The summed E-state index contributed by atoms with van der Waals surface area (Å²) < 4.78 is 7.23. The average Bonchev–Trinajstić information content (AvgIpc) is 3.06. The lowest BCUT2D eigenvalue weighted by Crippen LogP contribution is -2.23. The van der Waals surface area contributed by atoms with E-state index in [1.54, 1.807) is 30.2 Å². The molecule has 1 atom stereocenters. The largest absolute Gasteiger partial charge is 0.493 e. The van der Waals surface area contributed by atoms with E-state index in [9.17, 15) is 4.79 Å². The zero-order valence-corrected chi connectivity index (χ0v) is 12.4. The van der Waals surface area contributed by atoms with Gasteiger partial charge in [0, 0.05) is 42.2 Å². The fourth-order valence-electron chi connectivity index (χ4n) is 2.56. The topological polar surface area (TPSA) is 70.1 Å². The van der Waals surface area contributed by atoms with Gasteiger partial charge in [-0.05, 0) is 17.7 Å². The van der Waals surface area contributed by atoms with Crippen molar-refractivity contribution in [2.75, 3.05) is 6.61 Å². The lowest BCUT2D eigenvalue weighted by atomic mass is 9.98. The summed E-state index contributed by atoms with van der Waals surface area (Å²) in [5, 5.41) is 4.66. The van der Waals surface area contributed by atoms with Crippen molar-refractivity contribution in [2.45, 2.75) is 18.9 Å². The molecule has 2 heterocycles. The number of hydrogen-bond acceptors (Lipinski definition) is 4. The van der Waals surface area contributed by atoms with Crippen LogP contribution < -0.4 is 10.5 Å². The molecule has 1 aromatic heterocycles. The van der Waals surface area contributed by atoms with Gasteiger partial charge in [-0.25, -0.2) is 0 Å². The number of hydrogen-bond donors (Lipinski definition) is 1. The van der Waals surface area contributed by atoms with E-state index in [1.165, 1.54) is 0 Å². The van der Waals surface area contributed by atoms with Gasteiger partial charge >= 0.3 is 0 Å². The maximum absolute atomic E-state index is 12.4. The number of ketones is 1. The molecule has 0 spiro atoms. The molecule has 2 aromatic rings. The molecule has 3 rings (SSSR count). The van der Waals surface area contributed by atoms with E-state index in [0.29, 0.717) is 17.2 Å². The van der Waals surface area contributed by atoms with Gasteiger partial charge in [0.15, 0.2) is 5.78 Å². The number of carbonyl (C=O) groups excluding carboxylic acids is 1. The Hall–Kier alpha value is -1.85. The van der Waals surface area contributed by atoms with Crippen LogP contribution in [-0.4, -0.2) is 22.2 Å². The third-order valence-electron chi connectivity index (χ3n) is 3.62. The summed E-state index contributed by atoms with van der Waals surface area (Å²) in [6.07, 6.45) is 4.40. The number of benzene rings is 1. The third-order valence-corrected chi connectivity index (χ3v) is 3.84. The molecule has 0 saturated heterocycles. The Morgan fingerprint density at radius 3 is 3.10 bits per heavy atom. The highest BCUT2D eigenvalue weighted by molar-refractivity contribution is 6.30. The van der Waals surface area contributed by atoms with Crippen LogP contribution in [0.25, 0.3) is 0 Å². The molecule has 1 unspecified atom stereocenters. The number of carbonyl (C=O) groups is 1. The molecule has 1 aromatic carbocycles. The molecule has 0 saturated carbocycles. The summed E-state index contributed by atoms with van der Waals surface area (Å²) in [5.41, 5.74) is 8.58. The highest BCUT2D eigenvalue weighted by atomic mass is 35.5. The van der Waals surface area contributed by atoms with Crippen LogP contribution in [0.15, 0.2) is 24.5 Å². The highest BCUT2D eigenvalue weighted by Crippen LogP contribution is 2.33. The van der Waals surface area contributed by atoms with Gasteiger partial charge in [0.2, 0.25) is 0 Å². The Balaban J connectivity index is 1.82. The number of rotatable bonds is 4. The van der Waals surface area contributed by atoms with Crippen LogP contribution in [0.3, 0.4) is 0 Å². The van der Waals surface area contributed by atoms with Crippen molar-refractivity contribution in [2.24, 2.45) is 12.8 Å². The molecule has 5 nitrogen and oxygen atoms in total. The Labute approximate surface area is 127 Å². The number of nitrogens with two attached hydrogens (primary N) is 1. The Morgan fingerprint density at radius 2 is 2.38 bits per heavy atom. The van der Waals surface area contributed by atoms with Crippen LogP contribution >= 0.6 is 11.6 Å². The van der Waals surface area contributed by atoms with Crippen LogP contribution in [0.1, 0.15) is 22.7 Å². The van der Waals surface area contributed by atoms with Crippen LogP contribution in [0.5, 0.6) is 5.75 Å². The van der Waals surface area contributed by atoms with Gasteiger partial charge in [0.25, 0.3) is 0 Å². The second-order valence-corrected chi connectivity index (χ2v) is 5.66. The summed E-state index contributed by atoms with van der Waals surface area (Å²) >= 11 is 6.10. The number of fused-ring (bicyclic) bond motifs is 1. The monoisotopic (exact) mass is 305 g/mol. The quantitative estimate of drug-likeness (QED) is 0.935. The molecule has 6 heteroatoms. The second kappa shape index (κ2) is 5.50. The lowest BCUT2D eigenvalue weighted by molar-refractivity contribution is -0.119. The van der Waals surface area contributed by atoms with Gasteiger partial charge in [-0.15, -0.1) is 0 Å². The van der Waals surface area contributed by atoms with Crippen LogP contribution in [0.4, 0.5) is 0 Å². The minimum Gasteiger partial charge on any atom is -0.493 e. The molecular formula is C15H16ClN3O2. The summed E-state index contributed by atoms with van der Waals surface area (Å²) in [7, 11) is 1.79. The Kier molecular flexibility index (Phi) is 3.69. The first kappa shape index (κ1) is 14.1. The number of nitrogens with zero attached hydrogens (tertiary/aromatic N) is 2. The number of aromatic nitrogens is 2. The van der Waals surface area contributed by atoms with Gasteiger partial charge in [0.05, 0.1) is 18.8 Å². The van der Waals surface area contributed by atoms with E-state index >= 15 is 0 Å². The van der Waals surface area contributed by atoms with Crippen LogP contribution in [0, 0.1) is 0 Å². The molecular weight excluding hydrogens is 290 g/mol. The maximum Gasteiger partial charge on any atom is 0.158 e. The van der Waals surface area contributed by atoms with Gasteiger partial charge in [-0.1, -0.05) is 11.6 Å². The fraction of sp³-hybridized carbons (Fsp3) is 0.333. The first-order valence-corrected chi connectivity index (χ1v) is 7.13. The zero-order valence-electron chi connectivity index (χ0n) is 11.7. The van der Waals surface area contributed by atoms with Crippen molar-refractivity contribution < 1.29 is 9.53 Å². The second-order valence-electron chi connectivity index (χ2n) is 5.22. The minimum atomic E-state index is -0.685. The molecule has 0 bridgehead atoms. The summed E-state index contributed by atoms with van der Waals surface area (Å²) in [4.78, 5) is 12.4. The van der Waals surface area contributed by atoms with Gasteiger partial charge in [-0.2, -0.15) is 5.10 Å². The van der Waals surface area contributed by atoms with E-state index in [2.05, 4.69) is 5.10 Å². The SMILES string of the molecule is Cn1cc(C(N)C(=O)Cc2cc(Cl)cc3c2OCC3)cn1. The van der Waals surface area contributed by atoms with Crippen molar-refractivity contribution in [1.82, 2.24) is 9.78 Å². The van der Waals surface area contributed by atoms with E-state index < -0.39 is 6.04 Å². The first-order valence-electron chi connectivity index (χ1n) is 6.75. The molecule has 0 aliphatic carbocycles. The van der Waals surface area contributed by atoms with E-state index in [4.69, 9.17) is 22.1 Å². The fourth-order valence-corrected chi connectivity index (χ4v) is 2.83. The molecule has 1 aliphatic heterocycles. The predicted molar refractivity (Wildman–Crippen MR) is 79.5 cm³/mol. The molecule has 2 N–H and O–H groups in total. The van der Waals surface area contributed by atoms with E-state index in [0.717, 1.165) is 23.3 Å². The third kappa shape index (κ3) is 2.80. The number of Topliss-reactive ketones (excluding diaryl/α,β-unsaturated/α-hetero) is 1. The molecule has 1 aliphatic rings. The Morgan fingerprint density at radius 1 is 1.57 bits per heavy atom. The van der Waals surface area contributed by atoms with Gasteiger partial charge < -0.3 is 10.5 Å². The van der Waals surface area contributed by atoms with E-state index in [1.807, 2.05) is 6.07 Å². The Bertz CT molecular complexity index is 696. The van der Waals surface area contributed by atoms with Crippen molar-refractivity contribution in [3.8, 4) is 5.75 Å². The predicted octanol–water partition coefficient (Wildman–Crippen LogP) is 1.82. The van der Waals surface area contributed by atoms with Gasteiger partial charge in [-0.3, -0.25) is 9.48 Å². The average molecular weight is 306 g/mol. The van der Waals surface area contributed by atoms with Crippen molar-refractivity contribution >= 4 is 17.4 Å². The summed E-state index contributed by atoms with van der Waals surface area (Å²) in [6.45, 7) is 0.630. The molecule has 0 amide bonds. The van der Waals surface area contributed by atoms with Crippen molar-refractivity contribution in [3.63, 3.8) is 0 Å². The van der Waals surface area contributed by atoms with E-state index in [-0.39, 0.29) is 12.2 Å². The van der Waals surface area contributed by atoms with Crippen LogP contribution in [0.2, 0.25) is 5.02 Å². The maximum atomic E-state index is 12.4. The smallest absolute Gasteiger partial charge is 0.158 e. The lowest BCUT2D eigenvalue weighted by Gasteiger charge is -2.11. The summed E-state index contributed by atoms with van der Waals surface area (Å²) in [6, 6.07) is 2.98. The molecule has 21 heavy (non-hydrogen) atoms. The number of halogens is 1. The molecule has 110 valence electrons.